The topological polar surface area (TPSA) is 68.3 Å². The van der Waals surface area contributed by atoms with Gasteiger partial charge in [-0.3, -0.25) is 0 Å². The molecule has 1 heterocycles. The van der Waals surface area contributed by atoms with Crippen molar-refractivity contribution in [3.05, 3.63) is 28.4 Å². The number of hydrazine groups is 1. The predicted octanol–water partition coefficient (Wildman–Crippen LogP) is 3.78. The van der Waals surface area contributed by atoms with Crippen molar-refractivity contribution in [3.63, 3.8) is 0 Å². The van der Waals surface area contributed by atoms with E-state index in [1.165, 1.54) is 13.3 Å². The highest BCUT2D eigenvalue weighted by Gasteiger charge is 2.33. The molecule has 0 N–H and O–H groups in total. The van der Waals surface area contributed by atoms with E-state index < -0.39 is 12.2 Å². The van der Waals surface area contributed by atoms with Crippen molar-refractivity contribution >= 4 is 39.9 Å². The van der Waals surface area contributed by atoms with Crippen molar-refractivity contribution in [2.24, 2.45) is 0 Å². The summed E-state index contributed by atoms with van der Waals surface area (Å²) in [5.74, 6) is 0.525. The molecule has 0 bridgehead atoms. The van der Waals surface area contributed by atoms with Crippen LogP contribution in [-0.2, 0) is 9.47 Å². The van der Waals surface area contributed by atoms with Crippen LogP contribution in [0, 0.1) is 0 Å². The van der Waals surface area contributed by atoms with Crippen molar-refractivity contribution < 1.29 is 23.8 Å². The Hall–Kier alpha value is -2.22. The van der Waals surface area contributed by atoms with Gasteiger partial charge in [-0.15, -0.1) is 0 Å². The first-order chi connectivity index (χ1) is 11.0. The van der Waals surface area contributed by atoms with Crippen LogP contribution in [0.15, 0.2) is 22.8 Å². The number of carbonyl (C=O) groups excluding carboxylic acids is 2. The van der Waals surface area contributed by atoms with E-state index in [2.05, 4.69) is 15.9 Å². The fourth-order valence-corrected chi connectivity index (χ4v) is 2.59. The molecule has 0 atom stereocenters. The molecule has 0 unspecified atom stereocenters. The third-order valence-corrected chi connectivity index (χ3v) is 3.66. The molecule has 0 saturated carbocycles. The number of hydrogen-bond acceptors (Lipinski definition) is 5. The van der Waals surface area contributed by atoms with Gasteiger partial charge >= 0.3 is 12.2 Å². The number of anilines is 1. The third-order valence-electron chi connectivity index (χ3n) is 3.04. The van der Waals surface area contributed by atoms with E-state index in [1.807, 2.05) is 0 Å². The molecule has 124 valence electrons. The standard InChI is InChI=1S/C15H17BrN2O5/c1-4-22-14(19)17-7-6-10-8-11(16)13(21-3)9-12(10)18(17)15(20)23-5-2/h6-9H,4-5H2,1-3H3. The van der Waals surface area contributed by atoms with Crippen LogP contribution >= 0.6 is 15.9 Å². The van der Waals surface area contributed by atoms with Gasteiger partial charge in [-0.05, 0) is 41.9 Å². The number of amides is 2. The Balaban J connectivity index is 2.51. The number of nitrogens with zero attached hydrogens (tertiary/aromatic N) is 2. The van der Waals surface area contributed by atoms with Crippen LogP contribution in [-0.4, -0.2) is 37.5 Å². The van der Waals surface area contributed by atoms with Gasteiger partial charge < -0.3 is 14.2 Å². The minimum Gasteiger partial charge on any atom is -0.495 e. The average Bonchev–Trinajstić information content (AvgIpc) is 2.53. The summed E-state index contributed by atoms with van der Waals surface area (Å²) in [4.78, 5) is 24.4. The lowest BCUT2D eigenvalue weighted by atomic mass is 10.1. The van der Waals surface area contributed by atoms with Gasteiger partial charge in [-0.2, -0.15) is 10.0 Å². The number of rotatable bonds is 3. The Morgan fingerprint density at radius 2 is 1.78 bits per heavy atom. The molecular formula is C15H17BrN2O5. The smallest absolute Gasteiger partial charge is 0.434 e. The predicted molar refractivity (Wildman–Crippen MR) is 88.1 cm³/mol. The van der Waals surface area contributed by atoms with E-state index >= 15 is 0 Å². The number of hydrogen-bond donors (Lipinski definition) is 0. The maximum Gasteiger partial charge on any atom is 0.434 e. The zero-order chi connectivity index (χ0) is 17.0. The zero-order valence-corrected chi connectivity index (χ0v) is 14.6. The van der Waals surface area contributed by atoms with Gasteiger partial charge in [0.2, 0.25) is 0 Å². The van der Waals surface area contributed by atoms with Crippen LogP contribution in [0.3, 0.4) is 0 Å². The van der Waals surface area contributed by atoms with Crippen molar-refractivity contribution in [1.82, 2.24) is 5.01 Å². The monoisotopic (exact) mass is 384 g/mol. The number of benzene rings is 1. The molecule has 0 aromatic heterocycles. The minimum atomic E-state index is -0.685. The SMILES string of the molecule is CCOC(=O)N1C=Cc2cc(Br)c(OC)cc2N1C(=O)OCC. The van der Waals surface area contributed by atoms with Crippen LogP contribution in [0.5, 0.6) is 5.75 Å². The van der Waals surface area contributed by atoms with E-state index in [9.17, 15) is 9.59 Å². The lowest BCUT2D eigenvalue weighted by Gasteiger charge is -2.34. The Kier molecular flexibility index (Phi) is 5.49. The summed E-state index contributed by atoms with van der Waals surface area (Å²) in [6, 6.07) is 3.44. The molecule has 0 fully saturated rings. The molecule has 7 nitrogen and oxygen atoms in total. The molecule has 1 aliphatic rings. The molecule has 1 aliphatic heterocycles. The van der Waals surface area contributed by atoms with Crippen molar-refractivity contribution in [3.8, 4) is 5.75 Å². The summed E-state index contributed by atoms with van der Waals surface area (Å²) in [5, 5.41) is 2.18. The first-order valence-electron chi connectivity index (χ1n) is 7.02. The summed E-state index contributed by atoms with van der Waals surface area (Å²) < 4.78 is 16.0. The van der Waals surface area contributed by atoms with Crippen LogP contribution in [0.4, 0.5) is 15.3 Å². The Bertz CT molecular complexity index is 647. The normalized spacial score (nSPS) is 12.7. The first kappa shape index (κ1) is 17.1. The molecular weight excluding hydrogens is 368 g/mol. The molecule has 0 radical (unpaired) electrons. The second-order valence-corrected chi connectivity index (χ2v) is 5.27. The molecule has 2 amide bonds. The lowest BCUT2D eigenvalue weighted by Crippen LogP contribution is -2.49. The van der Waals surface area contributed by atoms with Crippen LogP contribution in [0.25, 0.3) is 6.08 Å². The third kappa shape index (κ3) is 3.42. The molecule has 1 aromatic carbocycles. The molecule has 0 spiro atoms. The minimum absolute atomic E-state index is 0.179. The number of carbonyl (C=O) groups is 2. The second-order valence-electron chi connectivity index (χ2n) is 4.42. The maximum atomic E-state index is 12.3. The van der Waals surface area contributed by atoms with Crippen molar-refractivity contribution in [2.45, 2.75) is 13.8 Å². The van der Waals surface area contributed by atoms with E-state index in [4.69, 9.17) is 14.2 Å². The average molecular weight is 385 g/mol. The first-order valence-corrected chi connectivity index (χ1v) is 7.81. The number of halogens is 1. The van der Waals surface area contributed by atoms with Gasteiger partial charge in [0.15, 0.2) is 0 Å². The van der Waals surface area contributed by atoms with Gasteiger partial charge in [-0.25, -0.2) is 9.59 Å². The Morgan fingerprint density at radius 3 is 2.39 bits per heavy atom. The Labute approximate surface area is 142 Å². The summed E-state index contributed by atoms with van der Waals surface area (Å²) in [5.41, 5.74) is 1.19. The van der Waals surface area contributed by atoms with E-state index in [0.717, 1.165) is 20.1 Å². The summed E-state index contributed by atoms with van der Waals surface area (Å²) in [6.45, 7) is 3.75. The molecule has 1 aromatic rings. The van der Waals surface area contributed by atoms with Gasteiger partial charge in [0.25, 0.3) is 0 Å². The van der Waals surface area contributed by atoms with Crippen molar-refractivity contribution in [2.75, 3.05) is 25.3 Å². The van der Waals surface area contributed by atoms with Crippen molar-refractivity contribution in [1.29, 1.82) is 0 Å². The fourth-order valence-electron chi connectivity index (χ4n) is 2.07. The zero-order valence-electron chi connectivity index (χ0n) is 13.0. The summed E-state index contributed by atoms with van der Waals surface area (Å²) in [7, 11) is 1.52. The van der Waals surface area contributed by atoms with Crippen LogP contribution in [0.1, 0.15) is 19.4 Å². The quantitative estimate of drug-likeness (QED) is 0.792. The van der Waals surface area contributed by atoms with Gasteiger partial charge in [-0.1, -0.05) is 0 Å². The number of methoxy groups -OCH3 is 1. The molecule has 8 heteroatoms. The highest BCUT2D eigenvalue weighted by Crippen LogP contribution is 2.37. The summed E-state index contributed by atoms with van der Waals surface area (Å²) >= 11 is 3.39. The van der Waals surface area contributed by atoms with E-state index in [0.29, 0.717) is 11.4 Å². The van der Waals surface area contributed by atoms with Crippen LogP contribution in [0.2, 0.25) is 0 Å². The molecule has 0 saturated heterocycles. The highest BCUT2D eigenvalue weighted by atomic mass is 79.9. The summed E-state index contributed by atoms with van der Waals surface area (Å²) in [6.07, 6.45) is 1.79. The van der Waals surface area contributed by atoms with Gasteiger partial charge in [0.1, 0.15) is 5.75 Å². The lowest BCUT2D eigenvalue weighted by molar-refractivity contribution is 0.107. The molecule has 23 heavy (non-hydrogen) atoms. The van der Waals surface area contributed by atoms with Gasteiger partial charge in [0.05, 0.1) is 30.5 Å². The Morgan fingerprint density at radius 1 is 1.13 bits per heavy atom. The van der Waals surface area contributed by atoms with Crippen LogP contribution < -0.4 is 9.75 Å². The fraction of sp³-hybridized carbons (Fsp3) is 0.333. The molecule has 2 rings (SSSR count). The highest BCUT2D eigenvalue weighted by molar-refractivity contribution is 9.10. The largest absolute Gasteiger partial charge is 0.495 e. The van der Waals surface area contributed by atoms with Gasteiger partial charge in [0, 0.05) is 17.8 Å². The second kappa shape index (κ2) is 7.36. The van der Waals surface area contributed by atoms with E-state index in [1.54, 1.807) is 32.1 Å². The molecule has 0 aliphatic carbocycles. The maximum absolute atomic E-state index is 12.3. The number of fused-ring (bicyclic) bond motifs is 1. The number of ether oxygens (including phenoxy) is 3. The van der Waals surface area contributed by atoms with E-state index in [-0.39, 0.29) is 13.2 Å².